The number of nitrogens with zero attached hydrogens (tertiary/aromatic N) is 7. The van der Waals surface area contributed by atoms with E-state index in [0.717, 1.165) is 88.2 Å². The molecule has 59 heavy (non-hydrogen) atoms. The van der Waals surface area contributed by atoms with Crippen molar-refractivity contribution in [1.29, 1.82) is 0 Å². The first-order valence-electron chi connectivity index (χ1n) is 20.5. The van der Waals surface area contributed by atoms with E-state index in [2.05, 4.69) is 34.2 Å². The molecule has 2 aliphatic rings. The number of hydrogen-bond acceptors (Lipinski definition) is 9. The molecule has 0 unspecified atom stereocenters. The number of aromatic nitrogens is 6. The van der Waals surface area contributed by atoms with Gasteiger partial charge in [0.15, 0.2) is 0 Å². The van der Waals surface area contributed by atoms with Gasteiger partial charge in [0.05, 0.1) is 58.8 Å². The highest BCUT2D eigenvalue weighted by atomic mass is 28.3. The fourth-order valence-corrected chi connectivity index (χ4v) is 8.26. The number of aromatic amines is 1. The predicted molar refractivity (Wildman–Crippen MR) is 234 cm³/mol. The topological polar surface area (TPSA) is 141 Å². The summed E-state index contributed by atoms with van der Waals surface area (Å²) >= 11 is 0. The van der Waals surface area contributed by atoms with E-state index < -0.39 is 19.3 Å². The molecule has 316 valence electrons. The van der Waals surface area contributed by atoms with Crippen molar-refractivity contribution >= 4 is 31.3 Å². The maximum Gasteiger partial charge on any atom is 0.410 e. The summed E-state index contributed by atoms with van der Waals surface area (Å²) in [6.07, 6.45) is 8.29. The number of H-pyrrole nitrogens is 1. The minimum atomic E-state index is -1.29. The number of nitrogens with one attached hydrogen (secondary N) is 1. The maximum absolute atomic E-state index is 13.3. The Kier molecular flexibility index (Phi) is 12.7. The van der Waals surface area contributed by atoms with Crippen LogP contribution in [0.2, 0.25) is 25.7 Å². The van der Waals surface area contributed by atoms with Gasteiger partial charge >= 0.3 is 12.2 Å². The number of fused-ring (bicyclic) bond motifs is 1. The molecule has 2 aromatic carbocycles. The Morgan fingerprint density at radius 1 is 0.763 bits per heavy atom. The van der Waals surface area contributed by atoms with Crippen molar-refractivity contribution in [3.63, 3.8) is 0 Å². The standard InChI is InChI=1S/C44H58N8O5Si.CH4/c1-43(2,3)56-41(53)50-20-10-12-36(50)39-46-26-35(49-39)30-16-14-29(15-17-30)34-25-45-33-24-31(18-19-32(33)48-34)38-27-47-40(52(38)28-55-22-23-58(7,8)9)37-13-11-21-51(37)42(54)57-44(4,5)6;/h14-19,24-27,36-37H,10-13,20-23,28H2,1-9H3,(H,46,49);1H4/t36-,37-;/m0./s1. The Labute approximate surface area is 349 Å². The van der Waals surface area contributed by atoms with Gasteiger partial charge in [0.25, 0.3) is 0 Å². The molecule has 2 atom stereocenters. The number of ether oxygens (including phenoxy) is 3. The van der Waals surface area contributed by atoms with Crippen LogP contribution in [0, 0.1) is 0 Å². The van der Waals surface area contributed by atoms with E-state index in [0.29, 0.717) is 26.4 Å². The number of likely N-dealkylation sites (tertiary alicyclic amines) is 2. The third-order valence-corrected chi connectivity index (χ3v) is 12.1. The summed E-state index contributed by atoms with van der Waals surface area (Å²) < 4.78 is 19.9. The lowest BCUT2D eigenvalue weighted by molar-refractivity contribution is 0.0199. The largest absolute Gasteiger partial charge is 0.444 e. The second-order valence-electron chi connectivity index (χ2n) is 18.7. The molecule has 0 aliphatic carbocycles. The molecule has 2 saturated heterocycles. The van der Waals surface area contributed by atoms with Gasteiger partial charge in [0.2, 0.25) is 0 Å². The van der Waals surface area contributed by atoms with Gasteiger partial charge in [-0.2, -0.15) is 0 Å². The summed E-state index contributed by atoms with van der Waals surface area (Å²) in [5, 5.41) is 0. The van der Waals surface area contributed by atoms with Crippen molar-refractivity contribution in [1.82, 2.24) is 39.3 Å². The van der Waals surface area contributed by atoms with Crippen molar-refractivity contribution in [3.8, 4) is 33.8 Å². The van der Waals surface area contributed by atoms with E-state index in [-0.39, 0.29) is 31.7 Å². The van der Waals surface area contributed by atoms with Crippen LogP contribution in [0.5, 0.6) is 0 Å². The molecule has 7 rings (SSSR count). The highest BCUT2D eigenvalue weighted by Gasteiger charge is 2.37. The van der Waals surface area contributed by atoms with E-state index >= 15 is 0 Å². The highest BCUT2D eigenvalue weighted by Crippen LogP contribution is 2.37. The Hall–Kier alpha value is -5.08. The third kappa shape index (κ3) is 10.4. The molecule has 0 saturated carbocycles. The molecule has 0 radical (unpaired) electrons. The average Bonchev–Trinajstić information content (AvgIpc) is 3.98. The highest BCUT2D eigenvalue weighted by molar-refractivity contribution is 6.76. The van der Waals surface area contributed by atoms with Crippen LogP contribution in [0.4, 0.5) is 9.59 Å². The lowest BCUT2D eigenvalue weighted by atomic mass is 10.1. The Morgan fingerprint density at radius 3 is 2.02 bits per heavy atom. The van der Waals surface area contributed by atoms with Gasteiger partial charge in [-0.1, -0.05) is 57.4 Å². The number of amides is 2. The van der Waals surface area contributed by atoms with E-state index in [1.807, 2.05) is 96.4 Å². The third-order valence-electron chi connectivity index (χ3n) is 10.4. The predicted octanol–water partition coefficient (Wildman–Crippen LogP) is 10.6. The van der Waals surface area contributed by atoms with Crippen LogP contribution in [0.15, 0.2) is 61.1 Å². The van der Waals surface area contributed by atoms with Crippen LogP contribution in [-0.4, -0.2) is 90.4 Å². The van der Waals surface area contributed by atoms with Crippen LogP contribution in [-0.2, 0) is 20.9 Å². The summed E-state index contributed by atoms with van der Waals surface area (Å²) in [4.78, 5) is 52.6. The molecule has 5 aromatic rings. The molecule has 5 heterocycles. The number of rotatable bonds is 10. The first-order chi connectivity index (χ1) is 27.4. The van der Waals surface area contributed by atoms with Crippen molar-refractivity contribution in [2.24, 2.45) is 0 Å². The molecule has 0 bridgehead atoms. The lowest BCUT2D eigenvalue weighted by Crippen LogP contribution is -2.37. The first-order valence-corrected chi connectivity index (χ1v) is 24.2. The van der Waals surface area contributed by atoms with Gasteiger partial charge in [-0.15, -0.1) is 0 Å². The van der Waals surface area contributed by atoms with E-state index in [1.165, 1.54) is 0 Å². The molecule has 14 heteroatoms. The zero-order valence-corrected chi connectivity index (χ0v) is 36.5. The van der Waals surface area contributed by atoms with Crippen LogP contribution >= 0.6 is 0 Å². The van der Waals surface area contributed by atoms with Crippen molar-refractivity contribution in [2.45, 2.75) is 130 Å². The molecular formula is C45H62N8O5Si. The van der Waals surface area contributed by atoms with Gasteiger partial charge < -0.3 is 23.8 Å². The Morgan fingerprint density at radius 2 is 1.37 bits per heavy atom. The van der Waals surface area contributed by atoms with E-state index in [4.69, 9.17) is 29.2 Å². The van der Waals surface area contributed by atoms with Crippen molar-refractivity contribution < 1.29 is 23.8 Å². The molecular weight excluding hydrogens is 761 g/mol. The summed E-state index contributed by atoms with van der Waals surface area (Å²) in [5.74, 6) is 1.56. The van der Waals surface area contributed by atoms with Gasteiger partial charge in [-0.05, 0) is 91.0 Å². The molecule has 2 fully saturated rings. The van der Waals surface area contributed by atoms with Gasteiger partial charge in [-0.3, -0.25) is 14.8 Å². The monoisotopic (exact) mass is 822 g/mol. The number of benzene rings is 2. The Bertz CT molecular complexity index is 2250. The average molecular weight is 823 g/mol. The summed E-state index contributed by atoms with van der Waals surface area (Å²) in [5.41, 5.74) is 5.81. The minimum Gasteiger partial charge on any atom is -0.444 e. The van der Waals surface area contributed by atoms with Crippen molar-refractivity contribution in [3.05, 3.63) is 72.7 Å². The zero-order valence-electron chi connectivity index (χ0n) is 35.5. The van der Waals surface area contributed by atoms with Crippen LogP contribution < -0.4 is 0 Å². The number of hydrogen-bond donors (Lipinski definition) is 1. The van der Waals surface area contributed by atoms with E-state index in [9.17, 15) is 9.59 Å². The maximum atomic E-state index is 13.3. The second kappa shape index (κ2) is 17.3. The second-order valence-corrected chi connectivity index (χ2v) is 24.3. The van der Waals surface area contributed by atoms with Gasteiger partial charge in [-0.25, -0.2) is 24.5 Å². The molecule has 13 nitrogen and oxygen atoms in total. The minimum absolute atomic E-state index is 0. The quantitative estimate of drug-likeness (QED) is 0.108. The SMILES string of the molecule is C.CC(C)(C)OC(=O)N1CCC[C@H]1c1ncc(-c2ccc(-c3cnc4cc(-c5cnc([C@@H]6CCCN6C(=O)OC(C)(C)C)n5COCC[Si](C)(C)C)ccc4n3)cc2)[nH]1. The van der Waals surface area contributed by atoms with Gasteiger partial charge in [0, 0.05) is 38.9 Å². The van der Waals surface area contributed by atoms with Crippen LogP contribution in [0.1, 0.15) is 98.4 Å². The normalized spacial score (nSPS) is 17.4. The van der Waals surface area contributed by atoms with Crippen LogP contribution in [0.25, 0.3) is 44.8 Å². The zero-order chi connectivity index (χ0) is 41.4. The summed E-state index contributed by atoms with van der Waals surface area (Å²) in [6, 6.07) is 14.9. The molecule has 1 N–H and O–H groups in total. The van der Waals surface area contributed by atoms with E-state index in [1.54, 1.807) is 16.0 Å². The first kappa shape index (κ1) is 43.5. The number of imidazole rings is 2. The van der Waals surface area contributed by atoms with Crippen molar-refractivity contribution in [2.75, 3.05) is 19.7 Å². The van der Waals surface area contributed by atoms with Crippen LogP contribution in [0.3, 0.4) is 0 Å². The van der Waals surface area contributed by atoms with Gasteiger partial charge in [0.1, 0.15) is 29.6 Å². The lowest BCUT2D eigenvalue weighted by Gasteiger charge is -2.29. The number of carbonyl (C=O) groups is 2. The molecule has 0 spiro atoms. The summed E-state index contributed by atoms with van der Waals surface area (Å²) in [7, 11) is -1.29. The number of carbonyl (C=O) groups excluding carboxylic acids is 2. The molecule has 2 aliphatic heterocycles. The molecule has 3 aromatic heterocycles. The fraction of sp³-hybridized carbons (Fsp3) is 0.511. The fourth-order valence-electron chi connectivity index (χ4n) is 7.50. The molecule has 2 amide bonds. The Balaban J connectivity index is 0.00000585. The summed E-state index contributed by atoms with van der Waals surface area (Å²) in [6.45, 7) is 20.6. The smallest absolute Gasteiger partial charge is 0.410 e.